The molecule has 0 unspecified atom stereocenters. The van der Waals surface area contributed by atoms with E-state index in [1.165, 1.54) is 0 Å². The van der Waals surface area contributed by atoms with Crippen molar-refractivity contribution in [1.29, 1.82) is 0 Å². The minimum atomic E-state index is 0.684. The van der Waals surface area contributed by atoms with Crippen molar-refractivity contribution >= 4 is 39.7 Å². The molecule has 0 saturated heterocycles. The lowest BCUT2D eigenvalue weighted by atomic mass is 10.2. The molecule has 3 N–H and O–H groups in total. The third kappa shape index (κ3) is 2.53. The average molecular weight is 284 g/mol. The molecular weight excluding hydrogens is 270 g/mol. The zero-order chi connectivity index (χ0) is 14.1. The van der Waals surface area contributed by atoms with Gasteiger partial charge in [-0.15, -0.1) is 0 Å². The second-order valence-electron chi connectivity index (χ2n) is 4.76. The fourth-order valence-electron chi connectivity index (χ4n) is 2.07. The van der Waals surface area contributed by atoms with Crippen LogP contribution in [0.15, 0.2) is 48.5 Å². The first-order valence-corrected chi connectivity index (χ1v) is 6.69. The van der Waals surface area contributed by atoms with Crippen molar-refractivity contribution in [2.75, 3.05) is 11.1 Å². The Bertz CT molecular complexity index is 784. The Kier molecular flexibility index (Phi) is 3.20. The van der Waals surface area contributed by atoms with E-state index >= 15 is 0 Å². The van der Waals surface area contributed by atoms with Gasteiger partial charge in [-0.25, -0.2) is 4.98 Å². The standard InChI is InChI=1S/C16H14ClN3/c1-10-2-5-15(13(17)8-10)20-16-7-3-11-9-12(18)4-6-14(11)19-16/h2-9H,18H2,1H3,(H,19,20). The number of pyridine rings is 1. The number of nitrogens with one attached hydrogen (secondary N) is 1. The minimum absolute atomic E-state index is 0.684. The smallest absolute Gasteiger partial charge is 0.131 e. The Morgan fingerprint density at radius 1 is 1.05 bits per heavy atom. The lowest BCUT2D eigenvalue weighted by Gasteiger charge is -2.09. The van der Waals surface area contributed by atoms with Gasteiger partial charge in [-0.1, -0.05) is 17.7 Å². The average Bonchev–Trinajstić information content (AvgIpc) is 2.42. The van der Waals surface area contributed by atoms with Crippen molar-refractivity contribution < 1.29 is 0 Å². The SMILES string of the molecule is Cc1ccc(Nc2ccc3cc(N)ccc3n2)c(Cl)c1. The molecule has 0 aliphatic heterocycles. The van der Waals surface area contributed by atoms with Gasteiger partial charge in [0, 0.05) is 11.1 Å². The zero-order valence-electron chi connectivity index (χ0n) is 11.0. The molecule has 0 aliphatic rings. The van der Waals surface area contributed by atoms with Gasteiger partial charge in [-0.3, -0.25) is 0 Å². The summed E-state index contributed by atoms with van der Waals surface area (Å²) in [6.07, 6.45) is 0. The number of halogens is 1. The second kappa shape index (κ2) is 5.02. The predicted octanol–water partition coefficient (Wildman–Crippen LogP) is 4.52. The van der Waals surface area contributed by atoms with Gasteiger partial charge in [0.15, 0.2) is 0 Å². The van der Waals surface area contributed by atoms with Gasteiger partial charge in [0.25, 0.3) is 0 Å². The van der Waals surface area contributed by atoms with Gasteiger partial charge in [0.2, 0.25) is 0 Å². The summed E-state index contributed by atoms with van der Waals surface area (Å²) in [5.41, 5.74) is 9.37. The number of nitrogens with zero attached hydrogens (tertiary/aromatic N) is 1. The van der Waals surface area contributed by atoms with Crippen LogP contribution in [0.25, 0.3) is 10.9 Å². The van der Waals surface area contributed by atoms with E-state index in [4.69, 9.17) is 17.3 Å². The first-order chi connectivity index (χ1) is 9.61. The Morgan fingerprint density at radius 3 is 2.70 bits per heavy atom. The quantitative estimate of drug-likeness (QED) is 0.680. The molecule has 0 saturated carbocycles. The minimum Gasteiger partial charge on any atom is -0.399 e. The highest BCUT2D eigenvalue weighted by Crippen LogP contribution is 2.26. The van der Waals surface area contributed by atoms with Crippen LogP contribution in [0.3, 0.4) is 0 Å². The van der Waals surface area contributed by atoms with Crippen molar-refractivity contribution in [3.63, 3.8) is 0 Å². The van der Waals surface area contributed by atoms with Crippen LogP contribution >= 0.6 is 11.6 Å². The van der Waals surface area contributed by atoms with Crippen LogP contribution in [0.2, 0.25) is 5.02 Å². The van der Waals surface area contributed by atoms with Gasteiger partial charge >= 0.3 is 0 Å². The summed E-state index contributed by atoms with van der Waals surface area (Å²) in [7, 11) is 0. The monoisotopic (exact) mass is 283 g/mol. The molecule has 3 nitrogen and oxygen atoms in total. The van der Waals surface area contributed by atoms with Crippen LogP contribution in [0.5, 0.6) is 0 Å². The van der Waals surface area contributed by atoms with Crippen molar-refractivity contribution in [2.24, 2.45) is 0 Å². The molecule has 1 aromatic heterocycles. The van der Waals surface area contributed by atoms with E-state index in [0.717, 1.165) is 33.7 Å². The molecule has 3 rings (SSSR count). The summed E-state index contributed by atoms with van der Waals surface area (Å²) in [4.78, 5) is 4.55. The highest BCUT2D eigenvalue weighted by Gasteiger charge is 2.03. The molecule has 20 heavy (non-hydrogen) atoms. The first-order valence-electron chi connectivity index (χ1n) is 6.31. The lowest BCUT2D eigenvalue weighted by Crippen LogP contribution is -1.95. The first kappa shape index (κ1) is 12.8. The van der Waals surface area contributed by atoms with Gasteiger partial charge in [0.1, 0.15) is 5.82 Å². The number of nitrogen functional groups attached to an aromatic ring is 1. The summed E-state index contributed by atoms with van der Waals surface area (Å²) in [6.45, 7) is 2.01. The number of aromatic nitrogens is 1. The second-order valence-corrected chi connectivity index (χ2v) is 5.16. The van der Waals surface area contributed by atoms with E-state index in [2.05, 4.69) is 10.3 Å². The van der Waals surface area contributed by atoms with E-state index in [1.54, 1.807) is 0 Å². The Labute approximate surface area is 122 Å². The third-order valence-electron chi connectivity index (χ3n) is 3.10. The molecule has 0 spiro atoms. The molecule has 0 amide bonds. The molecule has 0 atom stereocenters. The molecule has 3 aromatic rings. The van der Waals surface area contributed by atoms with E-state index < -0.39 is 0 Å². The largest absolute Gasteiger partial charge is 0.399 e. The lowest BCUT2D eigenvalue weighted by molar-refractivity contribution is 1.36. The predicted molar refractivity (Wildman–Crippen MR) is 85.6 cm³/mol. The van der Waals surface area contributed by atoms with Crippen LogP contribution in [-0.4, -0.2) is 4.98 Å². The maximum Gasteiger partial charge on any atom is 0.131 e. The molecular formula is C16H14ClN3. The topological polar surface area (TPSA) is 50.9 Å². The Balaban J connectivity index is 1.96. The normalized spacial score (nSPS) is 10.7. The van der Waals surface area contributed by atoms with Crippen LogP contribution in [0, 0.1) is 6.92 Å². The molecule has 0 aliphatic carbocycles. The van der Waals surface area contributed by atoms with Crippen molar-refractivity contribution in [2.45, 2.75) is 6.92 Å². The summed E-state index contributed by atoms with van der Waals surface area (Å²) in [5, 5.41) is 4.94. The summed E-state index contributed by atoms with van der Waals surface area (Å²) in [6, 6.07) is 15.4. The molecule has 2 aromatic carbocycles. The number of anilines is 3. The molecule has 100 valence electrons. The number of hydrogen-bond acceptors (Lipinski definition) is 3. The van der Waals surface area contributed by atoms with Crippen molar-refractivity contribution in [3.8, 4) is 0 Å². The molecule has 4 heteroatoms. The number of benzene rings is 2. The van der Waals surface area contributed by atoms with Crippen LogP contribution in [0.1, 0.15) is 5.56 Å². The maximum absolute atomic E-state index is 6.21. The summed E-state index contributed by atoms with van der Waals surface area (Å²) < 4.78 is 0. The Hall–Kier alpha value is -2.26. The van der Waals surface area contributed by atoms with Gasteiger partial charge in [-0.05, 0) is 55.0 Å². The highest BCUT2D eigenvalue weighted by molar-refractivity contribution is 6.33. The van der Waals surface area contributed by atoms with Crippen molar-refractivity contribution in [1.82, 2.24) is 4.98 Å². The number of hydrogen-bond donors (Lipinski definition) is 2. The van der Waals surface area contributed by atoms with Crippen LogP contribution < -0.4 is 11.1 Å². The number of fused-ring (bicyclic) bond motifs is 1. The van der Waals surface area contributed by atoms with E-state index in [9.17, 15) is 0 Å². The molecule has 0 fully saturated rings. The van der Waals surface area contributed by atoms with E-state index in [-0.39, 0.29) is 0 Å². The van der Waals surface area contributed by atoms with E-state index in [1.807, 2.05) is 55.5 Å². The van der Waals surface area contributed by atoms with Crippen LogP contribution in [0.4, 0.5) is 17.2 Å². The third-order valence-corrected chi connectivity index (χ3v) is 3.41. The van der Waals surface area contributed by atoms with Gasteiger partial charge in [-0.2, -0.15) is 0 Å². The van der Waals surface area contributed by atoms with Gasteiger partial charge < -0.3 is 11.1 Å². The molecule has 0 bridgehead atoms. The van der Waals surface area contributed by atoms with E-state index in [0.29, 0.717) is 5.02 Å². The number of rotatable bonds is 2. The van der Waals surface area contributed by atoms with Gasteiger partial charge in [0.05, 0.1) is 16.2 Å². The molecule has 0 radical (unpaired) electrons. The summed E-state index contributed by atoms with van der Waals surface area (Å²) in [5.74, 6) is 0.757. The summed E-state index contributed by atoms with van der Waals surface area (Å²) >= 11 is 6.21. The fourth-order valence-corrected chi connectivity index (χ4v) is 2.36. The van der Waals surface area contributed by atoms with Crippen LogP contribution in [-0.2, 0) is 0 Å². The number of aryl methyl sites for hydroxylation is 1. The highest BCUT2D eigenvalue weighted by atomic mass is 35.5. The number of nitrogens with two attached hydrogens (primary N) is 1. The van der Waals surface area contributed by atoms with Crippen molar-refractivity contribution in [3.05, 3.63) is 59.1 Å². The Morgan fingerprint density at radius 2 is 1.90 bits per heavy atom. The maximum atomic E-state index is 6.21. The zero-order valence-corrected chi connectivity index (χ0v) is 11.8. The molecule has 1 heterocycles. The fraction of sp³-hybridized carbons (Fsp3) is 0.0625.